The van der Waals surface area contributed by atoms with Gasteiger partial charge in [0.2, 0.25) is 11.8 Å². The number of benzene rings is 2. The Morgan fingerprint density at radius 3 is 2.29 bits per heavy atom. The van der Waals surface area contributed by atoms with Gasteiger partial charge in [0, 0.05) is 34.6 Å². The second kappa shape index (κ2) is 11.5. The fourth-order valence-corrected chi connectivity index (χ4v) is 4.56. The Hall–Kier alpha value is -2.04. The number of amides is 2. The minimum absolute atomic E-state index is 0.0915. The molecule has 0 saturated heterocycles. The lowest BCUT2D eigenvalue weighted by molar-refractivity contribution is -0.141. The van der Waals surface area contributed by atoms with E-state index in [0.29, 0.717) is 28.5 Å². The van der Waals surface area contributed by atoms with Crippen molar-refractivity contribution < 1.29 is 9.59 Å². The molecular weight excluding hydrogens is 431 g/mol. The van der Waals surface area contributed by atoms with Crippen molar-refractivity contribution in [3.05, 3.63) is 69.7 Å². The maximum absolute atomic E-state index is 13.2. The van der Waals surface area contributed by atoms with E-state index in [-0.39, 0.29) is 24.4 Å². The van der Waals surface area contributed by atoms with Crippen LogP contribution in [0.5, 0.6) is 0 Å². The number of hydrogen-bond acceptors (Lipinski definition) is 2. The van der Waals surface area contributed by atoms with Gasteiger partial charge in [-0.2, -0.15) is 0 Å². The normalized spacial score (nSPS) is 15.3. The van der Waals surface area contributed by atoms with E-state index < -0.39 is 6.04 Å². The van der Waals surface area contributed by atoms with Gasteiger partial charge in [-0.05, 0) is 43.9 Å². The Balaban J connectivity index is 1.75. The summed E-state index contributed by atoms with van der Waals surface area (Å²) in [6.07, 6.45) is 6.41. The summed E-state index contributed by atoms with van der Waals surface area (Å²) in [6.45, 7) is 1.98. The molecule has 0 unspecified atom stereocenters. The van der Waals surface area contributed by atoms with Gasteiger partial charge in [-0.3, -0.25) is 9.59 Å². The first-order valence-electron chi connectivity index (χ1n) is 11.0. The first-order chi connectivity index (χ1) is 15.0. The molecule has 2 aromatic carbocycles. The molecular formula is C25H30Cl2N2O2. The van der Waals surface area contributed by atoms with Crippen LogP contribution >= 0.6 is 23.2 Å². The summed E-state index contributed by atoms with van der Waals surface area (Å²) in [5.41, 5.74) is 1.75. The van der Waals surface area contributed by atoms with Crippen molar-refractivity contribution in [3.8, 4) is 0 Å². The molecule has 31 heavy (non-hydrogen) atoms. The molecule has 0 heterocycles. The van der Waals surface area contributed by atoms with E-state index >= 15 is 0 Å². The van der Waals surface area contributed by atoms with Crippen LogP contribution in [0.2, 0.25) is 10.0 Å². The Labute approximate surface area is 194 Å². The molecule has 1 saturated carbocycles. The van der Waals surface area contributed by atoms with Crippen molar-refractivity contribution in [2.24, 2.45) is 0 Å². The summed E-state index contributed by atoms with van der Waals surface area (Å²) in [4.78, 5) is 27.9. The third-order valence-electron chi connectivity index (χ3n) is 5.98. The van der Waals surface area contributed by atoms with Crippen LogP contribution in [-0.4, -0.2) is 28.8 Å². The van der Waals surface area contributed by atoms with Gasteiger partial charge in [0.25, 0.3) is 0 Å². The lowest BCUT2D eigenvalue weighted by Crippen LogP contribution is -2.50. The molecule has 1 atom stereocenters. The van der Waals surface area contributed by atoms with E-state index in [4.69, 9.17) is 23.2 Å². The summed E-state index contributed by atoms with van der Waals surface area (Å²) in [5.74, 6) is -0.214. The predicted molar refractivity (Wildman–Crippen MR) is 126 cm³/mol. The number of nitrogens with one attached hydrogen (secondary N) is 1. The topological polar surface area (TPSA) is 49.4 Å². The fourth-order valence-electron chi connectivity index (χ4n) is 4.04. The Morgan fingerprint density at radius 1 is 1.00 bits per heavy atom. The van der Waals surface area contributed by atoms with Gasteiger partial charge in [-0.15, -0.1) is 0 Å². The smallest absolute Gasteiger partial charge is 0.242 e. The van der Waals surface area contributed by atoms with Crippen LogP contribution in [-0.2, 0) is 22.6 Å². The molecule has 1 aliphatic rings. The average Bonchev–Trinajstić information content (AvgIpc) is 2.78. The molecule has 1 N–H and O–H groups in total. The Bertz CT molecular complexity index is 862. The molecule has 0 bridgehead atoms. The molecule has 166 valence electrons. The first kappa shape index (κ1) is 23.6. The highest BCUT2D eigenvalue weighted by Crippen LogP contribution is 2.27. The van der Waals surface area contributed by atoms with Gasteiger partial charge in [-0.25, -0.2) is 0 Å². The molecule has 0 aliphatic heterocycles. The van der Waals surface area contributed by atoms with E-state index in [1.165, 1.54) is 6.42 Å². The molecule has 0 aromatic heterocycles. The molecule has 6 heteroatoms. The third kappa shape index (κ3) is 6.72. The van der Waals surface area contributed by atoms with Crippen molar-refractivity contribution in [1.29, 1.82) is 0 Å². The van der Waals surface area contributed by atoms with Gasteiger partial charge in [0.1, 0.15) is 6.04 Å². The lowest BCUT2D eigenvalue weighted by Gasteiger charge is -2.31. The van der Waals surface area contributed by atoms with Gasteiger partial charge in [-0.1, -0.05) is 78.9 Å². The fraction of sp³-hybridized carbons (Fsp3) is 0.440. The van der Waals surface area contributed by atoms with Crippen molar-refractivity contribution in [2.45, 2.75) is 70.5 Å². The second-order valence-corrected chi connectivity index (χ2v) is 9.04. The molecule has 4 nitrogen and oxygen atoms in total. The van der Waals surface area contributed by atoms with Crippen LogP contribution in [0.4, 0.5) is 0 Å². The van der Waals surface area contributed by atoms with Gasteiger partial charge < -0.3 is 10.2 Å². The highest BCUT2D eigenvalue weighted by atomic mass is 35.5. The zero-order valence-corrected chi connectivity index (χ0v) is 19.5. The van der Waals surface area contributed by atoms with E-state index in [1.807, 2.05) is 30.3 Å². The molecule has 0 spiro atoms. The minimum atomic E-state index is -0.613. The van der Waals surface area contributed by atoms with Gasteiger partial charge in [0.15, 0.2) is 0 Å². The molecule has 1 aliphatic carbocycles. The van der Waals surface area contributed by atoms with Gasteiger partial charge in [0.05, 0.1) is 0 Å². The summed E-state index contributed by atoms with van der Waals surface area (Å²) in [6, 6.07) is 14.7. The zero-order valence-electron chi connectivity index (χ0n) is 17.9. The van der Waals surface area contributed by atoms with Crippen molar-refractivity contribution >= 4 is 35.0 Å². The van der Waals surface area contributed by atoms with E-state index in [1.54, 1.807) is 30.0 Å². The van der Waals surface area contributed by atoms with Crippen LogP contribution in [0.3, 0.4) is 0 Å². The van der Waals surface area contributed by atoms with Crippen molar-refractivity contribution in [3.63, 3.8) is 0 Å². The maximum Gasteiger partial charge on any atom is 0.242 e. The Kier molecular flexibility index (Phi) is 8.79. The quantitative estimate of drug-likeness (QED) is 0.541. The highest BCUT2D eigenvalue weighted by molar-refractivity contribution is 6.36. The first-order valence-corrected chi connectivity index (χ1v) is 11.8. The number of carbonyl (C=O) groups excluding carboxylic acids is 2. The lowest BCUT2D eigenvalue weighted by atomic mass is 9.95. The molecule has 2 amide bonds. The monoisotopic (exact) mass is 460 g/mol. The summed E-state index contributed by atoms with van der Waals surface area (Å²) in [5, 5.41) is 4.13. The summed E-state index contributed by atoms with van der Waals surface area (Å²) >= 11 is 12.7. The predicted octanol–water partition coefficient (Wildman–Crippen LogP) is 5.79. The number of rotatable bonds is 8. The molecule has 1 fully saturated rings. The van der Waals surface area contributed by atoms with Crippen LogP contribution in [0, 0.1) is 0 Å². The zero-order chi connectivity index (χ0) is 22.2. The molecule has 3 rings (SSSR count). The summed E-state index contributed by atoms with van der Waals surface area (Å²) in [7, 11) is 0. The highest BCUT2D eigenvalue weighted by Gasteiger charge is 2.29. The number of nitrogens with zero attached hydrogens (tertiary/aromatic N) is 1. The maximum atomic E-state index is 13.2. The largest absolute Gasteiger partial charge is 0.352 e. The number of halogens is 2. The van der Waals surface area contributed by atoms with Crippen LogP contribution in [0.15, 0.2) is 48.5 Å². The van der Waals surface area contributed by atoms with E-state index in [2.05, 4.69) is 5.32 Å². The van der Waals surface area contributed by atoms with Crippen LogP contribution < -0.4 is 5.32 Å². The standard InChI is InChI=1S/C25H30Cl2N2O2/c1-18(25(31)28-20-11-6-3-7-12-20)29(17-21-22(26)13-8-14-23(21)27)24(30)16-15-19-9-4-2-5-10-19/h2,4-5,8-10,13-14,18,20H,3,6-7,11-12,15-17H2,1H3,(H,28,31)/t18-/m1/s1. The number of aryl methyl sites for hydroxylation is 1. The SMILES string of the molecule is C[C@H](C(=O)NC1CCCCC1)N(Cc1c(Cl)cccc1Cl)C(=O)CCc1ccccc1. The second-order valence-electron chi connectivity index (χ2n) is 8.23. The van der Waals surface area contributed by atoms with Crippen LogP contribution in [0.25, 0.3) is 0 Å². The van der Waals surface area contributed by atoms with E-state index in [9.17, 15) is 9.59 Å². The number of hydrogen-bond donors (Lipinski definition) is 1. The van der Waals surface area contributed by atoms with E-state index in [0.717, 1.165) is 31.2 Å². The Morgan fingerprint density at radius 2 is 1.65 bits per heavy atom. The number of carbonyl (C=O) groups is 2. The molecule has 2 aromatic rings. The van der Waals surface area contributed by atoms with Crippen LogP contribution in [0.1, 0.15) is 56.6 Å². The average molecular weight is 461 g/mol. The van der Waals surface area contributed by atoms with Crippen molar-refractivity contribution in [2.75, 3.05) is 0 Å². The van der Waals surface area contributed by atoms with Crippen molar-refractivity contribution in [1.82, 2.24) is 10.2 Å². The summed E-state index contributed by atoms with van der Waals surface area (Å²) < 4.78 is 0. The molecule has 0 radical (unpaired) electrons. The third-order valence-corrected chi connectivity index (χ3v) is 6.69. The minimum Gasteiger partial charge on any atom is -0.352 e. The van der Waals surface area contributed by atoms with Gasteiger partial charge >= 0.3 is 0 Å².